The van der Waals surface area contributed by atoms with Crippen LogP contribution in [0.4, 0.5) is 51.2 Å². The normalized spacial score (nSPS) is 12.4. The van der Waals surface area contributed by atoms with Crippen molar-refractivity contribution in [3.8, 4) is 33.8 Å². The summed E-state index contributed by atoms with van der Waals surface area (Å²) in [6.07, 6.45) is 0. The number of hydrogen-bond acceptors (Lipinski definition) is 4. The number of anilines is 9. The largest absolute Gasteiger partial charge is 0.457 e. The molecule has 13 rings (SSSR count). The second-order valence-electron chi connectivity index (χ2n) is 18.1. The SMILES string of the molecule is CC.c1ccc(-c2ccc(N3c4ccccc4C4(c5cc(N(c6ccccc6)c6ccccc6)ccc5Oc5ccc(N(c6ccccc6)c6ccccc6)cc54)c4cc(-c5ccccc5)ccc43)cc2)cc1. The quantitative estimate of drug-likeness (QED) is 0.144. The fourth-order valence-electron chi connectivity index (χ4n) is 10.9. The van der Waals surface area contributed by atoms with Gasteiger partial charge in [0.2, 0.25) is 0 Å². The van der Waals surface area contributed by atoms with Gasteiger partial charge in [0.25, 0.3) is 0 Å². The summed E-state index contributed by atoms with van der Waals surface area (Å²) in [6.45, 7) is 4.00. The minimum absolute atomic E-state index is 0.810. The summed E-state index contributed by atoms with van der Waals surface area (Å²) >= 11 is 0. The summed E-state index contributed by atoms with van der Waals surface area (Å²) in [5.74, 6) is 1.62. The Morgan fingerprint density at radius 2 is 0.658 bits per heavy atom. The van der Waals surface area contributed by atoms with E-state index >= 15 is 0 Å². The van der Waals surface area contributed by atoms with Crippen molar-refractivity contribution in [1.82, 2.24) is 0 Å². The van der Waals surface area contributed by atoms with Crippen LogP contribution in [0.1, 0.15) is 36.1 Å². The van der Waals surface area contributed by atoms with E-state index in [1.165, 1.54) is 11.1 Å². The van der Waals surface area contributed by atoms with E-state index in [1.54, 1.807) is 0 Å². The van der Waals surface area contributed by atoms with E-state index < -0.39 is 5.41 Å². The van der Waals surface area contributed by atoms with E-state index in [0.29, 0.717) is 0 Å². The molecule has 0 amide bonds. The number of para-hydroxylation sites is 5. The average Bonchev–Trinajstić information content (AvgIpc) is 3.47. The van der Waals surface area contributed by atoms with Crippen molar-refractivity contribution >= 4 is 51.2 Å². The summed E-state index contributed by atoms with van der Waals surface area (Å²) < 4.78 is 7.26. The first kappa shape index (κ1) is 44.8. The van der Waals surface area contributed by atoms with E-state index in [0.717, 1.165) is 96.1 Å². The lowest BCUT2D eigenvalue weighted by molar-refractivity contribution is 0.434. The fraction of sp³-hybridized carbons (Fsp3) is 0.0435. The zero-order valence-corrected chi connectivity index (χ0v) is 40.9. The molecule has 0 radical (unpaired) electrons. The smallest absolute Gasteiger partial charge is 0.132 e. The van der Waals surface area contributed by atoms with E-state index in [1.807, 2.05) is 13.8 Å². The van der Waals surface area contributed by atoms with Crippen molar-refractivity contribution in [3.05, 3.63) is 307 Å². The number of nitrogens with zero attached hydrogens (tertiary/aromatic N) is 3. The van der Waals surface area contributed by atoms with Gasteiger partial charge >= 0.3 is 0 Å². The van der Waals surface area contributed by atoms with Gasteiger partial charge in [-0.3, -0.25) is 0 Å². The number of rotatable bonds is 9. The van der Waals surface area contributed by atoms with E-state index in [2.05, 4.69) is 300 Å². The maximum atomic E-state index is 7.26. The molecule has 0 atom stereocenters. The van der Waals surface area contributed by atoms with E-state index in [9.17, 15) is 0 Å². The van der Waals surface area contributed by atoms with Crippen molar-refractivity contribution < 1.29 is 4.74 Å². The Morgan fingerprint density at radius 3 is 1.12 bits per heavy atom. The lowest BCUT2D eigenvalue weighted by atomic mass is 9.60. The molecule has 0 fully saturated rings. The van der Waals surface area contributed by atoms with Crippen molar-refractivity contribution in [2.24, 2.45) is 0 Å². The van der Waals surface area contributed by atoms with Crippen molar-refractivity contribution in [1.29, 1.82) is 0 Å². The van der Waals surface area contributed by atoms with Crippen LogP contribution in [0.15, 0.2) is 285 Å². The van der Waals surface area contributed by atoms with Crippen LogP contribution in [0, 0.1) is 0 Å². The van der Waals surface area contributed by atoms with E-state index in [4.69, 9.17) is 4.74 Å². The van der Waals surface area contributed by atoms with Gasteiger partial charge in [0.1, 0.15) is 11.5 Å². The molecule has 0 saturated heterocycles. The minimum atomic E-state index is -0.899. The molecule has 11 aromatic carbocycles. The number of benzene rings is 11. The van der Waals surface area contributed by atoms with Crippen LogP contribution in [-0.4, -0.2) is 0 Å². The molecule has 1 spiro atoms. The second-order valence-corrected chi connectivity index (χ2v) is 18.1. The highest BCUT2D eigenvalue weighted by Crippen LogP contribution is 2.64. The molecule has 0 aliphatic carbocycles. The summed E-state index contributed by atoms with van der Waals surface area (Å²) in [6, 6.07) is 103. The molecular weight excluding hydrogens is 887 g/mol. The molecule has 2 heterocycles. The number of fused-ring (bicyclic) bond motifs is 8. The highest BCUT2D eigenvalue weighted by atomic mass is 16.5. The first-order valence-electron chi connectivity index (χ1n) is 25.2. The lowest BCUT2D eigenvalue weighted by Gasteiger charge is -2.49. The summed E-state index contributed by atoms with van der Waals surface area (Å²) in [7, 11) is 0. The van der Waals surface area contributed by atoms with Gasteiger partial charge in [-0.1, -0.05) is 184 Å². The molecule has 4 nitrogen and oxygen atoms in total. The Morgan fingerprint density at radius 1 is 0.288 bits per heavy atom. The molecule has 0 N–H and O–H groups in total. The first-order valence-corrected chi connectivity index (χ1v) is 25.2. The van der Waals surface area contributed by atoms with Crippen LogP contribution in [0.25, 0.3) is 22.3 Å². The van der Waals surface area contributed by atoms with Gasteiger partial charge in [-0.2, -0.15) is 0 Å². The molecule has 0 saturated carbocycles. The Hall–Kier alpha value is -9.38. The van der Waals surface area contributed by atoms with Crippen LogP contribution in [0.3, 0.4) is 0 Å². The maximum absolute atomic E-state index is 7.26. The molecule has 2 aliphatic rings. The van der Waals surface area contributed by atoms with Gasteiger partial charge in [-0.05, 0) is 149 Å². The third-order valence-electron chi connectivity index (χ3n) is 14.1. The standard InChI is InChI=1S/C67H47N3O.C2H6/c1-7-21-48(22-8-1)50-35-38-56(39-36-50)70-63-34-20-19-33-59(63)67(60-45-51(37-42-64(60)70)49-23-9-2-10-24-49)61-46-57(68(52-25-11-3-12-26-52)53-27-13-4-14-28-53)40-43-65(61)71-66-44-41-58(47-62(66)67)69(54-29-15-5-16-30-54)55-31-17-6-18-32-55;1-2/h1-47H;1-2H3. The number of ether oxygens (including phenoxy) is 1. The average molecular weight is 940 g/mol. The second kappa shape index (κ2) is 19.4. The Kier molecular flexibility index (Phi) is 11.9. The van der Waals surface area contributed by atoms with Gasteiger partial charge in [-0.25, -0.2) is 0 Å². The molecule has 0 bridgehead atoms. The monoisotopic (exact) mass is 939 g/mol. The summed E-state index contributed by atoms with van der Waals surface area (Å²) in [5.41, 5.74) is 17.7. The van der Waals surface area contributed by atoms with Crippen LogP contribution in [0.5, 0.6) is 11.5 Å². The molecule has 11 aromatic rings. The fourth-order valence-corrected chi connectivity index (χ4v) is 10.9. The Labute approximate surface area is 428 Å². The van der Waals surface area contributed by atoms with Crippen LogP contribution < -0.4 is 19.4 Å². The molecule has 0 aromatic heterocycles. The van der Waals surface area contributed by atoms with Crippen LogP contribution >= 0.6 is 0 Å². The van der Waals surface area contributed by atoms with Crippen molar-refractivity contribution in [2.45, 2.75) is 19.3 Å². The summed E-state index contributed by atoms with van der Waals surface area (Å²) in [4.78, 5) is 7.16. The van der Waals surface area contributed by atoms with Gasteiger partial charge in [-0.15, -0.1) is 0 Å². The van der Waals surface area contributed by atoms with E-state index in [-0.39, 0.29) is 0 Å². The Bertz CT molecular complexity index is 3450. The van der Waals surface area contributed by atoms with Crippen LogP contribution in [-0.2, 0) is 5.41 Å². The van der Waals surface area contributed by atoms with Crippen LogP contribution in [0.2, 0.25) is 0 Å². The maximum Gasteiger partial charge on any atom is 0.132 e. The predicted octanol–water partition coefficient (Wildman–Crippen LogP) is 19.3. The zero-order chi connectivity index (χ0) is 49.1. The summed E-state index contributed by atoms with van der Waals surface area (Å²) in [5, 5.41) is 0. The third kappa shape index (κ3) is 7.90. The van der Waals surface area contributed by atoms with Gasteiger partial charge in [0.05, 0.1) is 16.8 Å². The molecule has 0 unspecified atom stereocenters. The third-order valence-corrected chi connectivity index (χ3v) is 14.1. The first-order chi connectivity index (χ1) is 36.2. The topological polar surface area (TPSA) is 19.0 Å². The Balaban J connectivity index is 0.00000268. The minimum Gasteiger partial charge on any atom is -0.457 e. The molecule has 4 heteroatoms. The van der Waals surface area contributed by atoms with Crippen molar-refractivity contribution in [3.63, 3.8) is 0 Å². The van der Waals surface area contributed by atoms with Gasteiger partial charge < -0.3 is 19.4 Å². The highest BCUT2D eigenvalue weighted by Gasteiger charge is 2.52. The predicted molar refractivity (Wildman–Crippen MR) is 305 cm³/mol. The molecule has 350 valence electrons. The van der Waals surface area contributed by atoms with Gasteiger partial charge in [0.15, 0.2) is 0 Å². The van der Waals surface area contributed by atoms with Crippen molar-refractivity contribution in [2.75, 3.05) is 14.7 Å². The highest BCUT2D eigenvalue weighted by molar-refractivity contribution is 5.94. The number of hydrogen-bond donors (Lipinski definition) is 0. The lowest BCUT2D eigenvalue weighted by Crippen LogP contribution is -2.40. The molecule has 73 heavy (non-hydrogen) atoms. The molecule has 2 aliphatic heterocycles. The van der Waals surface area contributed by atoms with Gasteiger partial charge in [0, 0.05) is 50.9 Å². The molecular formula is C69H53N3O. The zero-order valence-electron chi connectivity index (χ0n) is 40.9.